The monoisotopic (exact) mass is 495 g/mol. The van der Waals surface area contributed by atoms with Crippen LogP contribution >= 0.6 is 11.3 Å². The standard InChI is InChI=1S/C24H22FN5O4S/c25-15-3-1-14(2-4-15)20-13-35-24(29-20)28-19-11-17-18(12-21(19)30-7-9-34-10-8-30)26-16(23(33)27-17)5-6-22(31)32/h1-4,11-13H,5-10H2,(H,27,33)(H,28,29)(H,31,32). The number of H-pyrrole nitrogens is 1. The predicted molar refractivity (Wildman–Crippen MR) is 132 cm³/mol. The van der Waals surface area contributed by atoms with Crippen molar-refractivity contribution in [3.8, 4) is 11.3 Å². The van der Waals surface area contributed by atoms with Crippen LogP contribution < -0.4 is 15.8 Å². The third kappa shape index (κ3) is 5.15. The highest BCUT2D eigenvalue weighted by atomic mass is 32.1. The molecular weight excluding hydrogens is 473 g/mol. The molecule has 0 spiro atoms. The molecule has 1 aliphatic heterocycles. The van der Waals surface area contributed by atoms with Gasteiger partial charge in [0.05, 0.1) is 47.7 Å². The highest BCUT2D eigenvalue weighted by molar-refractivity contribution is 7.14. The summed E-state index contributed by atoms with van der Waals surface area (Å²) < 4.78 is 18.8. The summed E-state index contributed by atoms with van der Waals surface area (Å²) in [6.07, 6.45) is -0.114. The van der Waals surface area contributed by atoms with Crippen molar-refractivity contribution in [2.24, 2.45) is 0 Å². The van der Waals surface area contributed by atoms with Crippen LogP contribution in [0.2, 0.25) is 0 Å². The minimum Gasteiger partial charge on any atom is -0.481 e. The number of halogens is 1. The second-order valence-corrected chi connectivity index (χ2v) is 8.92. The molecule has 1 saturated heterocycles. The summed E-state index contributed by atoms with van der Waals surface area (Å²) in [5.74, 6) is -1.29. The van der Waals surface area contributed by atoms with Gasteiger partial charge in [-0.2, -0.15) is 0 Å². The lowest BCUT2D eigenvalue weighted by molar-refractivity contribution is -0.136. The number of benzene rings is 2. The summed E-state index contributed by atoms with van der Waals surface area (Å²) in [6.45, 7) is 2.56. The van der Waals surface area contributed by atoms with Gasteiger partial charge in [0.1, 0.15) is 11.5 Å². The zero-order valence-corrected chi connectivity index (χ0v) is 19.4. The first-order chi connectivity index (χ1) is 17.0. The number of carboxylic acids is 1. The van der Waals surface area contributed by atoms with Gasteiger partial charge in [0.25, 0.3) is 5.56 Å². The van der Waals surface area contributed by atoms with E-state index >= 15 is 0 Å². The molecule has 1 aliphatic rings. The average Bonchev–Trinajstić information content (AvgIpc) is 3.32. The third-order valence-corrected chi connectivity index (χ3v) is 6.45. The lowest BCUT2D eigenvalue weighted by Crippen LogP contribution is -2.36. The minimum absolute atomic E-state index is 0.0543. The molecule has 0 saturated carbocycles. The molecule has 11 heteroatoms. The quantitative estimate of drug-likeness (QED) is 0.354. The second-order valence-electron chi connectivity index (χ2n) is 8.06. The number of nitrogens with one attached hydrogen (secondary N) is 2. The van der Waals surface area contributed by atoms with E-state index in [2.05, 4.69) is 25.2 Å². The summed E-state index contributed by atoms with van der Waals surface area (Å²) in [4.78, 5) is 37.5. The van der Waals surface area contributed by atoms with Gasteiger partial charge in [-0.05, 0) is 36.4 Å². The Morgan fingerprint density at radius 1 is 1.20 bits per heavy atom. The summed E-state index contributed by atoms with van der Waals surface area (Å²) in [5.41, 5.74) is 4.05. The van der Waals surface area contributed by atoms with Crippen LogP contribution in [0.5, 0.6) is 0 Å². The Hall–Kier alpha value is -3.83. The molecule has 0 amide bonds. The number of carbonyl (C=O) groups is 1. The Morgan fingerprint density at radius 2 is 1.97 bits per heavy atom. The SMILES string of the molecule is O=C(O)CCc1nc2cc(N3CCOCC3)c(Nc3nc(-c4ccc(F)cc4)cs3)cc2[nH]c1=O. The predicted octanol–water partition coefficient (Wildman–Crippen LogP) is 3.78. The van der Waals surface area contributed by atoms with E-state index in [-0.39, 0.29) is 24.4 Å². The van der Waals surface area contributed by atoms with Crippen LogP contribution in [0.25, 0.3) is 22.3 Å². The van der Waals surface area contributed by atoms with E-state index in [1.165, 1.54) is 23.5 Å². The molecule has 2 aromatic heterocycles. The maximum absolute atomic E-state index is 13.3. The molecule has 5 rings (SSSR count). The van der Waals surface area contributed by atoms with Crippen molar-refractivity contribution < 1.29 is 19.0 Å². The molecular formula is C24H22FN5O4S. The zero-order valence-electron chi connectivity index (χ0n) is 18.6. The Balaban J connectivity index is 1.51. The van der Waals surface area contributed by atoms with Gasteiger partial charge >= 0.3 is 5.97 Å². The number of hydrogen-bond acceptors (Lipinski definition) is 8. The van der Waals surface area contributed by atoms with E-state index in [0.29, 0.717) is 42.5 Å². The molecule has 9 nitrogen and oxygen atoms in total. The molecule has 1 fully saturated rings. The third-order valence-electron chi connectivity index (χ3n) is 5.69. The fourth-order valence-electron chi connectivity index (χ4n) is 3.92. The number of nitrogens with zero attached hydrogens (tertiary/aromatic N) is 3. The number of aromatic amines is 1. The minimum atomic E-state index is -0.983. The fraction of sp³-hybridized carbons (Fsp3) is 0.250. The van der Waals surface area contributed by atoms with E-state index < -0.39 is 11.5 Å². The van der Waals surface area contributed by atoms with Crippen LogP contribution in [-0.4, -0.2) is 52.3 Å². The zero-order chi connectivity index (χ0) is 24.4. The lowest BCUT2D eigenvalue weighted by Gasteiger charge is -2.30. The molecule has 0 atom stereocenters. The van der Waals surface area contributed by atoms with Gasteiger partial charge in [-0.25, -0.2) is 14.4 Å². The number of anilines is 3. The number of ether oxygens (including phenoxy) is 1. The number of aryl methyl sites for hydroxylation is 1. The summed E-state index contributed by atoms with van der Waals surface area (Å²) in [5, 5.41) is 14.9. The van der Waals surface area contributed by atoms with Crippen LogP contribution in [0.1, 0.15) is 12.1 Å². The van der Waals surface area contributed by atoms with Gasteiger partial charge in [0.2, 0.25) is 0 Å². The van der Waals surface area contributed by atoms with Gasteiger partial charge in [-0.15, -0.1) is 11.3 Å². The molecule has 0 radical (unpaired) electrons. The number of thiazole rings is 1. The van der Waals surface area contributed by atoms with Crippen molar-refractivity contribution in [3.63, 3.8) is 0 Å². The van der Waals surface area contributed by atoms with Gasteiger partial charge < -0.3 is 25.0 Å². The molecule has 3 heterocycles. The number of aromatic nitrogens is 3. The fourth-order valence-corrected chi connectivity index (χ4v) is 4.65. The first-order valence-electron chi connectivity index (χ1n) is 11.1. The van der Waals surface area contributed by atoms with Crippen LogP contribution in [0.4, 0.5) is 20.9 Å². The van der Waals surface area contributed by atoms with Gasteiger partial charge in [0, 0.05) is 30.5 Å². The van der Waals surface area contributed by atoms with Gasteiger partial charge in [0.15, 0.2) is 5.13 Å². The highest BCUT2D eigenvalue weighted by Gasteiger charge is 2.19. The summed E-state index contributed by atoms with van der Waals surface area (Å²) in [6, 6.07) is 9.86. The van der Waals surface area contributed by atoms with E-state index in [1.807, 2.05) is 17.5 Å². The van der Waals surface area contributed by atoms with Crippen molar-refractivity contribution in [1.82, 2.24) is 15.0 Å². The summed E-state index contributed by atoms with van der Waals surface area (Å²) in [7, 11) is 0. The number of fused-ring (bicyclic) bond motifs is 1. The maximum atomic E-state index is 13.3. The Morgan fingerprint density at radius 3 is 2.71 bits per heavy atom. The smallest absolute Gasteiger partial charge is 0.303 e. The Kier molecular flexibility index (Phi) is 6.43. The normalized spacial score (nSPS) is 13.8. The van der Waals surface area contributed by atoms with Crippen molar-refractivity contribution >= 4 is 44.8 Å². The number of hydrogen-bond donors (Lipinski definition) is 3. The molecule has 0 bridgehead atoms. The highest BCUT2D eigenvalue weighted by Crippen LogP contribution is 2.35. The van der Waals surface area contributed by atoms with E-state index in [1.54, 1.807) is 12.1 Å². The molecule has 0 aliphatic carbocycles. The van der Waals surface area contributed by atoms with E-state index in [0.717, 1.165) is 22.6 Å². The molecule has 0 unspecified atom stereocenters. The second kappa shape index (κ2) is 9.80. The van der Waals surface area contributed by atoms with Gasteiger partial charge in [-0.1, -0.05) is 0 Å². The first-order valence-corrected chi connectivity index (χ1v) is 11.9. The number of aliphatic carboxylic acids is 1. The molecule has 4 aromatic rings. The first kappa shape index (κ1) is 22.9. The molecule has 35 heavy (non-hydrogen) atoms. The molecule has 3 N–H and O–H groups in total. The Bertz CT molecular complexity index is 1430. The summed E-state index contributed by atoms with van der Waals surface area (Å²) >= 11 is 1.42. The number of rotatable bonds is 7. The Labute approximate surface area is 203 Å². The lowest BCUT2D eigenvalue weighted by atomic mass is 10.1. The topological polar surface area (TPSA) is 120 Å². The number of morpholine rings is 1. The van der Waals surface area contributed by atoms with Crippen molar-refractivity contribution in [2.75, 3.05) is 36.5 Å². The van der Waals surface area contributed by atoms with Crippen molar-refractivity contribution in [3.05, 3.63) is 63.6 Å². The largest absolute Gasteiger partial charge is 0.481 e. The average molecular weight is 496 g/mol. The van der Waals surface area contributed by atoms with E-state index in [4.69, 9.17) is 9.84 Å². The van der Waals surface area contributed by atoms with Crippen molar-refractivity contribution in [2.45, 2.75) is 12.8 Å². The van der Waals surface area contributed by atoms with Crippen LogP contribution in [-0.2, 0) is 16.0 Å². The van der Waals surface area contributed by atoms with Crippen LogP contribution in [0.15, 0.2) is 46.6 Å². The molecule has 180 valence electrons. The van der Waals surface area contributed by atoms with Crippen LogP contribution in [0.3, 0.4) is 0 Å². The van der Waals surface area contributed by atoms with Gasteiger partial charge in [-0.3, -0.25) is 9.59 Å². The van der Waals surface area contributed by atoms with Crippen molar-refractivity contribution in [1.29, 1.82) is 0 Å². The molecule has 2 aromatic carbocycles. The van der Waals surface area contributed by atoms with E-state index in [9.17, 15) is 14.0 Å². The number of carboxylic acid groups (broad SMARTS) is 1. The van der Waals surface area contributed by atoms with Crippen LogP contribution in [0, 0.1) is 5.82 Å². The maximum Gasteiger partial charge on any atom is 0.303 e.